The van der Waals surface area contributed by atoms with E-state index in [1.807, 2.05) is 35.2 Å². The number of piperidine rings is 1. The Morgan fingerprint density at radius 1 is 1.13 bits per heavy atom. The number of imidazole rings is 1. The molecule has 0 unspecified atom stereocenters. The minimum atomic E-state index is -0.0256. The number of carbonyl (C=O) groups excluding carboxylic acids is 1. The maximum absolute atomic E-state index is 12.7. The number of hydrogen-bond acceptors (Lipinski definition) is 3. The molecule has 2 amide bonds. The summed E-state index contributed by atoms with van der Waals surface area (Å²) in [6.45, 7) is 7.46. The van der Waals surface area contributed by atoms with Gasteiger partial charge < -0.3 is 19.5 Å². The van der Waals surface area contributed by atoms with Crippen LogP contribution in [0.5, 0.6) is 5.75 Å². The van der Waals surface area contributed by atoms with E-state index in [0.717, 1.165) is 74.7 Å². The van der Waals surface area contributed by atoms with E-state index in [0.29, 0.717) is 5.92 Å². The first-order chi connectivity index (χ1) is 15.1. The van der Waals surface area contributed by atoms with E-state index < -0.39 is 0 Å². The average molecular weight is 421 g/mol. The zero-order chi connectivity index (χ0) is 21.6. The summed E-state index contributed by atoms with van der Waals surface area (Å²) >= 11 is 0. The number of para-hydroxylation sites is 2. The van der Waals surface area contributed by atoms with Crippen LogP contribution in [-0.4, -0.2) is 40.2 Å². The molecule has 2 aromatic carbocycles. The second-order valence-electron chi connectivity index (χ2n) is 8.35. The Kier molecular flexibility index (Phi) is 6.75. The van der Waals surface area contributed by atoms with Crippen LogP contribution in [0.3, 0.4) is 0 Å². The summed E-state index contributed by atoms with van der Waals surface area (Å²) in [4.78, 5) is 19.3. The number of aryl methyl sites for hydroxylation is 1. The lowest BCUT2D eigenvalue weighted by Gasteiger charge is -2.32. The Balaban J connectivity index is 1.27. The zero-order valence-electron chi connectivity index (χ0n) is 18.5. The van der Waals surface area contributed by atoms with Crippen molar-refractivity contribution >= 4 is 22.8 Å². The first-order valence-electron chi connectivity index (χ1n) is 11.3. The molecular formula is C25H32N4O2. The number of nitrogens with zero attached hydrogens (tertiary/aromatic N) is 3. The number of aromatic nitrogens is 2. The second-order valence-corrected chi connectivity index (χ2v) is 8.35. The van der Waals surface area contributed by atoms with E-state index in [9.17, 15) is 4.79 Å². The fourth-order valence-corrected chi connectivity index (χ4v) is 4.17. The number of nitrogens with one attached hydrogen (secondary N) is 1. The number of amides is 2. The smallest absolute Gasteiger partial charge is 0.321 e. The van der Waals surface area contributed by atoms with Gasteiger partial charge in [-0.3, -0.25) is 0 Å². The number of carbonyl (C=O) groups is 1. The monoisotopic (exact) mass is 420 g/mol. The number of fused-ring (bicyclic) bond motifs is 1. The maximum atomic E-state index is 12.7. The summed E-state index contributed by atoms with van der Waals surface area (Å²) in [5, 5.41) is 3.02. The van der Waals surface area contributed by atoms with Crippen molar-refractivity contribution in [2.75, 3.05) is 25.0 Å². The molecule has 1 saturated heterocycles. The number of benzene rings is 2. The van der Waals surface area contributed by atoms with E-state index in [2.05, 4.69) is 46.9 Å². The van der Waals surface area contributed by atoms with Crippen LogP contribution in [0.25, 0.3) is 11.0 Å². The molecule has 1 aromatic heterocycles. The standard InChI is InChI=1S/C25H32N4O2/c1-3-4-17-31-22-11-9-21(10-12-22)27-25(30)28-15-13-20(14-16-28)18-29-19(2)26-23-7-5-6-8-24(23)29/h5-12,20H,3-4,13-18H2,1-2H3,(H,27,30). The highest BCUT2D eigenvalue weighted by Crippen LogP contribution is 2.24. The molecule has 0 bridgehead atoms. The molecule has 1 N–H and O–H groups in total. The lowest BCUT2D eigenvalue weighted by Crippen LogP contribution is -2.41. The number of rotatable bonds is 7. The fraction of sp³-hybridized carbons (Fsp3) is 0.440. The molecule has 1 aliphatic rings. The van der Waals surface area contributed by atoms with Gasteiger partial charge in [0.15, 0.2) is 0 Å². The topological polar surface area (TPSA) is 59.4 Å². The molecule has 164 valence electrons. The van der Waals surface area contributed by atoms with E-state index in [-0.39, 0.29) is 6.03 Å². The van der Waals surface area contributed by atoms with E-state index in [1.165, 1.54) is 5.52 Å². The Labute approximate surface area is 184 Å². The van der Waals surface area contributed by atoms with Crippen LogP contribution in [0.4, 0.5) is 10.5 Å². The Bertz CT molecular complexity index is 1000. The SMILES string of the molecule is CCCCOc1ccc(NC(=O)N2CCC(Cn3c(C)nc4ccccc43)CC2)cc1. The molecule has 1 fully saturated rings. The van der Waals surface area contributed by atoms with Crippen LogP contribution in [-0.2, 0) is 6.54 Å². The summed E-state index contributed by atoms with van der Waals surface area (Å²) in [5.41, 5.74) is 3.05. The molecule has 31 heavy (non-hydrogen) atoms. The van der Waals surface area contributed by atoms with Gasteiger partial charge in [0.25, 0.3) is 0 Å². The molecule has 6 nitrogen and oxygen atoms in total. The van der Waals surface area contributed by atoms with Crippen LogP contribution in [0.15, 0.2) is 48.5 Å². The Hall–Kier alpha value is -3.02. The van der Waals surface area contributed by atoms with Crippen molar-refractivity contribution in [1.82, 2.24) is 14.5 Å². The van der Waals surface area contributed by atoms with Gasteiger partial charge in [-0.1, -0.05) is 25.5 Å². The summed E-state index contributed by atoms with van der Waals surface area (Å²) in [7, 11) is 0. The van der Waals surface area contributed by atoms with Gasteiger partial charge in [-0.25, -0.2) is 9.78 Å². The molecule has 1 aliphatic heterocycles. The summed E-state index contributed by atoms with van der Waals surface area (Å²) in [5.74, 6) is 2.46. The molecular weight excluding hydrogens is 388 g/mol. The molecule has 2 heterocycles. The third-order valence-electron chi connectivity index (χ3n) is 6.06. The molecule has 0 atom stereocenters. The molecule has 6 heteroatoms. The van der Waals surface area contributed by atoms with Crippen molar-refractivity contribution in [3.8, 4) is 5.75 Å². The van der Waals surface area contributed by atoms with Crippen molar-refractivity contribution in [1.29, 1.82) is 0 Å². The summed E-state index contributed by atoms with van der Waals surface area (Å²) in [6.07, 6.45) is 4.17. The van der Waals surface area contributed by atoms with Gasteiger partial charge in [0.2, 0.25) is 0 Å². The number of urea groups is 1. The highest BCUT2D eigenvalue weighted by molar-refractivity contribution is 5.89. The van der Waals surface area contributed by atoms with E-state index in [4.69, 9.17) is 4.74 Å². The number of anilines is 1. The largest absolute Gasteiger partial charge is 0.494 e. The van der Waals surface area contributed by atoms with Crippen molar-refractivity contribution in [3.63, 3.8) is 0 Å². The quantitative estimate of drug-likeness (QED) is 0.516. The number of unbranched alkanes of at least 4 members (excludes halogenated alkanes) is 1. The number of ether oxygens (including phenoxy) is 1. The van der Waals surface area contributed by atoms with Crippen molar-refractivity contribution in [3.05, 3.63) is 54.4 Å². The predicted molar refractivity (Wildman–Crippen MR) is 125 cm³/mol. The molecule has 0 saturated carbocycles. The minimum Gasteiger partial charge on any atom is -0.494 e. The van der Waals surface area contributed by atoms with Crippen LogP contribution >= 0.6 is 0 Å². The van der Waals surface area contributed by atoms with Gasteiger partial charge in [0.05, 0.1) is 17.6 Å². The van der Waals surface area contributed by atoms with Crippen molar-refractivity contribution < 1.29 is 9.53 Å². The Morgan fingerprint density at radius 2 is 1.87 bits per heavy atom. The number of hydrogen-bond donors (Lipinski definition) is 1. The second kappa shape index (κ2) is 9.86. The summed E-state index contributed by atoms with van der Waals surface area (Å²) < 4.78 is 8.00. The van der Waals surface area contributed by atoms with Crippen LogP contribution in [0.1, 0.15) is 38.4 Å². The van der Waals surface area contributed by atoms with Crippen molar-refractivity contribution in [2.24, 2.45) is 5.92 Å². The van der Waals surface area contributed by atoms with Crippen LogP contribution in [0, 0.1) is 12.8 Å². The highest BCUT2D eigenvalue weighted by atomic mass is 16.5. The van der Waals surface area contributed by atoms with Gasteiger partial charge >= 0.3 is 6.03 Å². The van der Waals surface area contributed by atoms with Crippen LogP contribution < -0.4 is 10.1 Å². The van der Waals surface area contributed by atoms with Gasteiger partial charge in [-0.05, 0) is 68.5 Å². The maximum Gasteiger partial charge on any atom is 0.321 e. The zero-order valence-corrected chi connectivity index (χ0v) is 18.5. The van der Waals surface area contributed by atoms with Gasteiger partial charge in [-0.15, -0.1) is 0 Å². The first kappa shape index (κ1) is 21.2. The molecule has 0 aliphatic carbocycles. The third-order valence-corrected chi connectivity index (χ3v) is 6.06. The third kappa shape index (κ3) is 5.19. The minimum absolute atomic E-state index is 0.0256. The van der Waals surface area contributed by atoms with E-state index >= 15 is 0 Å². The highest BCUT2D eigenvalue weighted by Gasteiger charge is 2.24. The molecule has 3 aromatic rings. The normalized spacial score (nSPS) is 14.7. The average Bonchev–Trinajstić information content (AvgIpc) is 3.10. The molecule has 4 rings (SSSR count). The predicted octanol–water partition coefficient (Wildman–Crippen LogP) is 5.47. The van der Waals surface area contributed by atoms with Gasteiger partial charge in [0, 0.05) is 25.3 Å². The first-order valence-corrected chi connectivity index (χ1v) is 11.3. The van der Waals surface area contributed by atoms with E-state index in [1.54, 1.807) is 0 Å². The summed E-state index contributed by atoms with van der Waals surface area (Å²) in [6, 6.07) is 15.9. The van der Waals surface area contributed by atoms with Crippen molar-refractivity contribution in [2.45, 2.75) is 46.1 Å². The number of likely N-dealkylation sites (tertiary alicyclic amines) is 1. The Morgan fingerprint density at radius 3 is 2.61 bits per heavy atom. The molecule has 0 radical (unpaired) electrons. The lowest BCUT2D eigenvalue weighted by molar-refractivity contribution is 0.177. The van der Waals surface area contributed by atoms with Gasteiger partial charge in [-0.2, -0.15) is 0 Å². The lowest BCUT2D eigenvalue weighted by atomic mass is 9.97. The fourth-order valence-electron chi connectivity index (χ4n) is 4.17. The van der Waals surface area contributed by atoms with Crippen LogP contribution in [0.2, 0.25) is 0 Å². The van der Waals surface area contributed by atoms with Gasteiger partial charge in [0.1, 0.15) is 11.6 Å². The molecule has 0 spiro atoms.